The van der Waals surface area contributed by atoms with E-state index in [9.17, 15) is 10.1 Å². The zero-order valence-corrected chi connectivity index (χ0v) is 21.7. The first-order chi connectivity index (χ1) is 17.1. The summed E-state index contributed by atoms with van der Waals surface area (Å²) in [5, 5.41) is 10.1. The third-order valence-corrected chi connectivity index (χ3v) is 6.69. The predicted octanol–water partition coefficient (Wildman–Crippen LogP) is 7.71. The lowest BCUT2D eigenvalue weighted by atomic mass is 9.97. The van der Waals surface area contributed by atoms with Crippen molar-refractivity contribution in [2.24, 2.45) is 0 Å². The molecule has 0 fully saturated rings. The molecule has 0 aliphatic heterocycles. The number of hydrogen-bond donors (Lipinski definition) is 0. The highest BCUT2D eigenvalue weighted by atomic mass is 16.3. The van der Waals surface area contributed by atoms with Crippen LogP contribution in [0.25, 0.3) is 11.0 Å². The lowest BCUT2D eigenvalue weighted by Crippen LogP contribution is -2.27. The Morgan fingerprint density at radius 1 is 0.857 bits per heavy atom. The van der Waals surface area contributed by atoms with Crippen LogP contribution in [-0.2, 0) is 12.8 Å². The Balaban J connectivity index is 1.72. The van der Waals surface area contributed by atoms with E-state index in [1.165, 1.54) is 44.3 Å². The molecule has 0 saturated heterocycles. The average Bonchev–Trinajstić information content (AvgIpc) is 3.25. The fourth-order valence-corrected chi connectivity index (χ4v) is 4.55. The molecule has 0 atom stereocenters. The van der Waals surface area contributed by atoms with Gasteiger partial charge in [-0.25, -0.2) is 0 Å². The summed E-state index contributed by atoms with van der Waals surface area (Å²) in [5.41, 5.74) is 3.76. The number of unbranched alkanes of at least 4 members (excludes halogenated alkanes) is 3. The fraction of sp³-hybridized carbons (Fsp3) is 0.484. The van der Waals surface area contributed by atoms with E-state index in [-0.39, 0.29) is 5.78 Å². The minimum absolute atomic E-state index is 0.0261. The Kier molecular flexibility index (Phi) is 10.6. The summed E-state index contributed by atoms with van der Waals surface area (Å²) in [6, 6.07) is 15.6. The van der Waals surface area contributed by atoms with Gasteiger partial charge in [0.05, 0.1) is 17.2 Å². The number of furan rings is 1. The van der Waals surface area contributed by atoms with Gasteiger partial charge in [0, 0.05) is 17.4 Å². The van der Waals surface area contributed by atoms with Gasteiger partial charge in [-0.2, -0.15) is 5.26 Å². The van der Waals surface area contributed by atoms with Crippen molar-refractivity contribution in [2.75, 3.05) is 19.6 Å². The first kappa shape index (κ1) is 26.7. The van der Waals surface area contributed by atoms with Crippen LogP contribution < -0.4 is 0 Å². The summed E-state index contributed by atoms with van der Waals surface area (Å²) in [7, 11) is 0. The number of nitriles is 1. The Morgan fingerprint density at radius 3 is 2.14 bits per heavy atom. The smallest absolute Gasteiger partial charge is 0.197 e. The molecule has 0 bridgehead atoms. The summed E-state index contributed by atoms with van der Waals surface area (Å²) in [6.07, 6.45) is 9.85. The molecule has 0 aliphatic carbocycles. The highest BCUT2D eigenvalue weighted by Gasteiger charge is 2.22. The lowest BCUT2D eigenvalue weighted by molar-refractivity contribution is 0.103. The summed E-state index contributed by atoms with van der Waals surface area (Å²) in [6.45, 7) is 10.1. The number of rotatable bonds is 15. The van der Waals surface area contributed by atoms with E-state index in [2.05, 4.69) is 43.9 Å². The number of nitrogens with zero attached hydrogens (tertiary/aromatic N) is 2. The molecule has 186 valence electrons. The molecule has 0 aliphatic rings. The molecular weight excluding hydrogens is 434 g/mol. The van der Waals surface area contributed by atoms with Crippen LogP contribution in [0.3, 0.4) is 0 Å². The second-order valence-electron chi connectivity index (χ2n) is 9.50. The maximum absolute atomic E-state index is 13.6. The topological polar surface area (TPSA) is 57.2 Å². The van der Waals surface area contributed by atoms with Gasteiger partial charge in [-0.1, -0.05) is 64.3 Å². The van der Waals surface area contributed by atoms with Gasteiger partial charge >= 0.3 is 0 Å². The number of hydrogen-bond acceptors (Lipinski definition) is 4. The van der Waals surface area contributed by atoms with Gasteiger partial charge in [0.2, 0.25) is 0 Å². The Labute approximate surface area is 210 Å². The molecule has 1 aromatic heterocycles. The van der Waals surface area contributed by atoms with E-state index in [1.807, 2.05) is 12.1 Å². The summed E-state index contributed by atoms with van der Waals surface area (Å²) < 4.78 is 6.06. The van der Waals surface area contributed by atoms with E-state index < -0.39 is 0 Å². The normalized spacial score (nSPS) is 11.3. The van der Waals surface area contributed by atoms with Gasteiger partial charge in [0.25, 0.3) is 0 Å². The summed E-state index contributed by atoms with van der Waals surface area (Å²) in [5.74, 6) is 0.701. The van der Waals surface area contributed by atoms with Crippen LogP contribution in [0.1, 0.15) is 98.5 Å². The molecule has 4 nitrogen and oxygen atoms in total. The monoisotopic (exact) mass is 474 g/mol. The van der Waals surface area contributed by atoms with Crippen LogP contribution in [0, 0.1) is 11.3 Å². The molecule has 35 heavy (non-hydrogen) atoms. The summed E-state index contributed by atoms with van der Waals surface area (Å²) >= 11 is 0. The Hall–Kier alpha value is -2.90. The van der Waals surface area contributed by atoms with Gasteiger partial charge in [-0.05, 0) is 75.5 Å². The quantitative estimate of drug-likeness (QED) is 0.212. The molecule has 0 N–H and O–H groups in total. The third kappa shape index (κ3) is 7.29. The molecule has 1 heterocycles. The average molecular weight is 475 g/mol. The zero-order chi connectivity index (χ0) is 25.0. The van der Waals surface area contributed by atoms with Crippen molar-refractivity contribution < 1.29 is 9.21 Å². The van der Waals surface area contributed by atoms with Crippen molar-refractivity contribution in [1.82, 2.24) is 4.90 Å². The number of fused-ring (bicyclic) bond motifs is 1. The van der Waals surface area contributed by atoms with Gasteiger partial charge < -0.3 is 9.32 Å². The third-order valence-electron chi connectivity index (χ3n) is 6.69. The zero-order valence-electron chi connectivity index (χ0n) is 21.7. The fourth-order valence-electron chi connectivity index (χ4n) is 4.55. The number of carbonyl (C=O) groups is 1. The Morgan fingerprint density at radius 2 is 1.51 bits per heavy atom. The highest BCUT2D eigenvalue weighted by molar-refractivity contribution is 6.17. The molecular formula is C31H40N2O2. The molecule has 2 aromatic carbocycles. The van der Waals surface area contributed by atoms with Crippen molar-refractivity contribution in [3.8, 4) is 6.07 Å². The number of carbonyl (C=O) groups excluding carboxylic acids is 1. The maximum atomic E-state index is 13.6. The van der Waals surface area contributed by atoms with Crippen LogP contribution in [0.15, 0.2) is 46.9 Å². The van der Waals surface area contributed by atoms with E-state index >= 15 is 0 Å². The highest BCUT2D eigenvalue weighted by Crippen LogP contribution is 2.30. The predicted molar refractivity (Wildman–Crippen MR) is 144 cm³/mol. The second-order valence-corrected chi connectivity index (χ2v) is 9.50. The summed E-state index contributed by atoms with van der Waals surface area (Å²) in [4.78, 5) is 16.2. The Bertz CT molecular complexity index is 1110. The van der Waals surface area contributed by atoms with Gasteiger partial charge in [0.15, 0.2) is 5.78 Å². The number of aryl methyl sites for hydroxylation is 2. The second kappa shape index (κ2) is 13.9. The SMILES string of the molecule is CCCCc1oc2ccc([14C]#N)cc2c1C(=O)c1ccc(CCCN(CCCC)CCCC)cc1. The van der Waals surface area contributed by atoms with Crippen LogP contribution in [0.4, 0.5) is 0 Å². The van der Waals surface area contributed by atoms with E-state index in [0.29, 0.717) is 22.3 Å². The number of ketones is 1. The number of benzene rings is 2. The van der Waals surface area contributed by atoms with Crippen LogP contribution in [0.2, 0.25) is 0 Å². The first-order valence-electron chi connectivity index (χ1n) is 13.4. The van der Waals surface area contributed by atoms with Crippen molar-refractivity contribution in [3.63, 3.8) is 0 Å². The molecule has 0 saturated carbocycles. The standard InChI is InChI=1S/C31H40N2O2/c1-4-7-12-29-30(27-22-25(23-32)15-18-28(27)35-29)31(34)26-16-13-24(14-17-26)11-10-21-33(19-8-5-2)20-9-6-3/h13-18,22H,4-12,19-21H2,1-3H3/i23+2. The van der Waals surface area contributed by atoms with Crippen molar-refractivity contribution in [2.45, 2.75) is 78.6 Å². The van der Waals surface area contributed by atoms with E-state index in [1.54, 1.807) is 18.2 Å². The first-order valence-corrected chi connectivity index (χ1v) is 13.4. The molecule has 4 heteroatoms. The van der Waals surface area contributed by atoms with Crippen molar-refractivity contribution in [1.29, 1.82) is 5.26 Å². The minimum Gasteiger partial charge on any atom is -0.460 e. The van der Waals surface area contributed by atoms with Gasteiger partial charge in [0.1, 0.15) is 11.3 Å². The van der Waals surface area contributed by atoms with Gasteiger partial charge in [-0.15, -0.1) is 0 Å². The van der Waals surface area contributed by atoms with Crippen LogP contribution in [0.5, 0.6) is 0 Å². The van der Waals surface area contributed by atoms with E-state index in [4.69, 9.17) is 4.42 Å². The lowest BCUT2D eigenvalue weighted by Gasteiger charge is -2.21. The van der Waals surface area contributed by atoms with E-state index in [0.717, 1.165) is 49.8 Å². The minimum atomic E-state index is -0.0261. The molecule has 3 aromatic rings. The molecule has 3 rings (SSSR count). The maximum Gasteiger partial charge on any atom is 0.197 e. The van der Waals surface area contributed by atoms with Crippen LogP contribution >= 0.6 is 0 Å². The molecule has 0 spiro atoms. The molecule has 0 amide bonds. The van der Waals surface area contributed by atoms with Crippen molar-refractivity contribution in [3.05, 3.63) is 70.5 Å². The molecule has 0 radical (unpaired) electrons. The molecule has 0 unspecified atom stereocenters. The van der Waals surface area contributed by atoms with Gasteiger partial charge in [-0.3, -0.25) is 4.79 Å². The van der Waals surface area contributed by atoms with Crippen molar-refractivity contribution >= 4 is 16.8 Å². The van der Waals surface area contributed by atoms with Crippen LogP contribution in [-0.4, -0.2) is 30.3 Å². The largest absolute Gasteiger partial charge is 0.460 e.